The van der Waals surface area contributed by atoms with Crippen molar-refractivity contribution in [3.63, 3.8) is 0 Å². The number of carbonyl (C=O) groups excluding carboxylic acids is 3. The second-order valence-corrected chi connectivity index (χ2v) is 8.44. The molecule has 0 radical (unpaired) electrons. The van der Waals surface area contributed by atoms with Crippen LogP contribution < -0.4 is 20.1 Å². The number of halogens is 1. The Balaban J connectivity index is 1.48. The van der Waals surface area contributed by atoms with Crippen molar-refractivity contribution in [3.05, 3.63) is 83.4 Å². The molecule has 1 atom stereocenters. The van der Waals surface area contributed by atoms with E-state index in [1.165, 1.54) is 6.07 Å². The van der Waals surface area contributed by atoms with Crippen molar-refractivity contribution in [2.24, 2.45) is 0 Å². The van der Waals surface area contributed by atoms with Gasteiger partial charge in [0.05, 0.1) is 12.3 Å². The highest BCUT2D eigenvalue weighted by molar-refractivity contribution is 6.31. The number of carbonyl (C=O) groups is 3. The first-order valence-corrected chi connectivity index (χ1v) is 11.4. The molecule has 1 saturated heterocycles. The molecule has 0 unspecified atom stereocenters. The van der Waals surface area contributed by atoms with Gasteiger partial charge in [0.2, 0.25) is 5.91 Å². The summed E-state index contributed by atoms with van der Waals surface area (Å²) in [5.74, 6) is 0.489. The molecule has 4 rings (SSSR count). The van der Waals surface area contributed by atoms with E-state index in [1.807, 2.05) is 13.0 Å². The lowest BCUT2D eigenvalue weighted by Gasteiger charge is -2.22. The Morgan fingerprint density at radius 2 is 1.71 bits per heavy atom. The molecule has 1 aliphatic heterocycles. The summed E-state index contributed by atoms with van der Waals surface area (Å²) >= 11 is 6.13. The molecular formula is C26H24ClN3O5. The van der Waals surface area contributed by atoms with E-state index in [-0.39, 0.29) is 0 Å². The first kappa shape index (κ1) is 24.1. The van der Waals surface area contributed by atoms with Crippen LogP contribution in [0.2, 0.25) is 5.02 Å². The van der Waals surface area contributed by atoms with Gasteiger partial charge in [0.15, 0.2) is 5.75 Å². The van der Waals surface area contributed by atoms with E-state index in [1.54, 1.807) is 67.6 Å². The normalized spacial score (nSPS) is 17.2. The van der Waals surface area contributed by atoms with Crippen molar-refractivity contribution < 1.29 is 23.9 Å². The summed E-state index contributed by atoms with van der Waals surface area (Å²) in [7, 11) is 0. The molecule has 1 heterocycles. The van der Waals surface area contributed by atoms with Crippen molar-refractivity contribution in [1.29, 1.82) is 0 Å². The second-order valence-electron chi connectivity index (χ2n) is 8.01. The topological polar surface area (TPSA) is 97.0 Å². The minimum Gasteiger partial charge on any atom is -0.494 e. The van der Waals surface area contributed by atoms with Crippen molar-refractivity contribution in [2.75, 3.05) is 18.5 Å². The number of nitrogens with zero attached hydrogens (tertiary/aromatic N) is 1. The fourth-order valence-electron chi connectivity index (χ4n) is 3.73. The largest absolute Gasteiger partial charge is 0.494 e. The maximum Gasteiger partial charge on any atom is 0.325 e. The molecule has 1 fully saturated rings. The van der Waals surface area contributed by atoms with Crippen LogP contribution in [0.4, 0.5) is 10.5 Å². The molecule has 3 aromatic carbocycles. The molecule has 0 aromatic heterocycles. The first-order valence-electron chi connectivity index (χ1n) is 11.0. The number of imide groups is 1. The highest BCUT2D eigenvalue weighted by atomic mass is 35.5. The third kappa shape index (κ3) is 5.22. The molecule has 180 valence electrons. The number of hydrogen-bond donors (Lipinski definition) is 2. The Bertz CT molecular complexity index is 1250. The Labute approximate surface area is 207 Å². The van der Waals surface area contributed by atoms with Crippen molar-refractivity contribution in [3.8, 4) is 17.2 Å². The number of urea groups is 1. The van der Waals surface area contributed by atoms with Crippen LogP contribution in [0.1, 0.15) is 19.4 Å². The lowest BCUT2D eigenvalue weighted by molar-refractivity contribution is -0.133. The molecule has 8 nitrogen and oxygen atoms in total. The van der Waals surface area contributed by atoms with Crippen LogP contribution in [0.25, 0.3) is 0 Å². The number of benzene rings is 3. The maximum atomic E-state index is 13.1. The van der Waals surface area contributed by atoms with Crippen LogP contribution >= 0.6 is 11.6 Å². The van der Waals surface area contributed by atoms with Gasteiger partial charge < -0.3 is 20.1 Å². The zero-order chi connectivity index (χ0) is 25.0. The fourth-order valence-corrected chi connectivity index (χ4v) is 3.90. The van der Waals surface area contributed by atoms with Crippen LogP contribution in [-0.2, 0) is 15.1 Å². The van der Waals surface area contributed by atoms with Crippen LogP contribution in [-0.4, -0.2) is 35.9 Å². The lowest BCUT2D eigenvalue weighted by atomic mass is 9.92. The molecule has 2 N–H and O–H groups in total. The summed E-state index contributed by atoms with van der Waals surface area (Å²) in [6.45, 7) is 3.59. The number of hydrogen-bond acceptors (Lipinski definition) is 5. The number of nitrogens with one attached hydrogen (secondary N) is 2. The van der Waals surface area contributed by atoms with Crippen LogP contribution in [0.15, 0.2) is 72.8 Å². The van der Waals surface area contributed by atoms with E-state index >= 15 is 0 Å². The smallest absolute Gasteiger partial charge is 0.325 e. The summed E-state index contributed by atoms with van der Waals surface area (Å²) in [6.07, 6.45) is 0. The van der Waals surface area contributed by atoms with E-state index in [4.69, 9.17) is 21.1 Å². The van der Waals surface area contributed by atoms with Gasteiger partial charge in [0, 0.05) is 5.02 Å². The van der Waals surface area contributed by atoms with Crippen molar-refractivity contribution in [2.45, 2.75) is 19.4 Å². The van der Waals surface area contributed by atoms with Gasteiger partial charge in [0.25, 0.3) is 5.91 Å². The summed E-state index contributed by atoms with van der Waals surface area (Å²) in [6, 6.07) is 20.0. The van der Waals surface area contributed by atoms with Gasteiger partial charge >= 0.3 is 6.03 Å². The Hall–Kier alpha value is -4.04. The van der Waals surface area contributed by atoms with Gasteiger partial charge in [-0.05, 0) is 61.9 Å². The molecule has 0 bridgehead atoms. The van der Waals surface area contributed by atoms with Crippen LogP contribution in [0.5, 0.6) is 17.2 Å². The zero-order valence-electron chi connectivity index (χ0n) is 19.2. The predicted molar refractivity (Wildman–Crippen MR) is 132 cm³/mol. The van der Waals surface area contributed by atoms with Gasteiger partial charge in [-0.25, -0.2) is 4.79 Å². The summed E-state index contributed by atoms with van der Waals surface area (Å²) in [5, 5.41) is 5.76. The van der Waals surface area contributed by atoms with E-state index < -0.39 is 29.9 Å². The fraction of sp³-hybridized carbons (Fsp3) is 0.192. The number of rotatable bonds is 8. The van der Waals surface area contributed by atoms with Crippen molar-refractivity contribution in [1.82, 2.24) is 10.2 Å². The van der Waals surface area contributed by atoms with Gasteiger partial charge in [-0.1, -0.05) is 41.9 Å². The summed E-state index contributed by atoms with van der Waals surface area (Å²) < 4.78 is 11.3. The van der Waals surface area contributed by atoms with E-state index in [2.05, 4.69) is 10.6 Å². The molecule has 4 amide bonds. The summed E-state index contributed by atoms with van der Waals surface area (Å²) in [5.41, 5.74) is -0.326. The molecule has 35 heavy (non-hydrogen) atoms. The standard InChI is InChI=1S/C26H24ClN3O5/c1-3-34-19-10-12-20(13-11-19)35-22-14-9-18(27)15-21(22)28-23(31)16-30-24(32)26(2,29-25(30)33)17-7-5-4-6-8-17/h4-15H,3,16H2,1-2H3,(H,28,31)(H,29,33)/t26-/m0/s1. The maximum absolute atomic E-state index is 13.1. The Kier molecular flexibility index (Phi) is 6.93. The number of ether oxygens (including phenoxy) is 2. The Morgan fingerprint density at radius 1 is 1.03 bits per heavy atom. The Morgan fingerprint density at radius 3 is 2.40 bits per heavy atom. The SMILES string of the molecule is CCOc1ccc(Oc2ccc(Cl)cc2NC(=O)CN2C(=O)N[C@@](C)(c3ccccc3)C2=O)cc1. The lowest BCUT2D eigenvalue weighted by Crippen LogP contribution is -2.42. The third-order valence-corrected chi connectivity index (χ3v) is 5.74. The van der Waals surface area contributed by atoms with Crippen LogP contribution in [0.3, 0.4) is 0 Å². The summed E-state index contributed by atoms with van der Waals surface area (Å²) in [4.78, 5) is 39.4. The average Bonchev–Trinajstić information content (AvgIpc) is 3.06. The van der Waals surface area contributed by atoms with E-state index in [9.17, 15) is 14.4 Å². The van der Waals surface area contributed by atoms with Gasteiger partial charge in [0.1, 0.15) is 23.6 Å². The highest BCUT2D eigenvalue weighted by Gasteiger charge is 2.49. The number of amides is 4. The minimum absolute atomic E-state index is 0.300. The quantitative estimate of drug-likeness (QED) is 0.433. The molecule has 3 aromatic rings. The molecule has 1 aliphatic rings. The van der Waals surface area contributed by atoms with E-state index in [0.29, 0.717) is 40.1 Å². The van der Waals surface area contributed by atoms with Gasteiger partial charge in [-0.2, -0.15) is 0 Å². The monoisotopic (exact) mass is 493 g/mol. The minimum atomic E-state index is -1.25. The van der Waals surface area contributed by atoms with Crippen LogP contribution in [0, 0.1) is 0 Å². The number of anilines is 1. The molecule has 0 aliphatic carbocycles. The van der Waals surface area contributed by atoms with Crippen molar-refractivity contribution >= 4 is 35.1 Å². The molecular weight excluding hydrogens is 470 g/mol. The zero-order valence-corrected chi connectivity index (χ0v) is 20.0. The molecule has 0 saturated carbocycles. The average molecular weight is 494 g/mol. The first-order chi connectivity index (χ1) is 16.8. The second kappa shape index (κ2) is 10.1. The molecule has 9 heteroatoms. The molecule has 0 spiro atoms. The third-order valence-electron chi connectivity index (χ3n) is 5.51. The predicted octanol–water partition coefficient (Wildman–Crippen LogP) is 4.94. The van der Waals surface area contributed by atoms with E-state index in [0.717, 1.165) is 4.90 Å². The highest BCUT2D eigenvalue weighted by Crippen LogP contribution is 2.33. The van der Waals surface area contributed by atoms with Gasteiger partial charge in [-0.15, -0.1) is 0 Å². The van der Waals surface area contributed by atoms with Gasteiger partial charge in [-0.3, -0.25) is 14.5 Å².